The molecule has 1 aromatic carbocycles. The van der Waals surface area contributed by atoms with Gasteiger partial charge in [0.15, 0.2) is 0 Å². The van der Waals surface area contributed by atoms with Gasteiger partial charge in [0.2, 0.25) is 5.91 Å². The van der Waals surface area contributed by atoms with Gasteiger partial charge in [0.05, 0.1) is 13.7 Å². The van der Waals surface area contributed by atoms with Gasteiger partial charge in [-0.3, -0.25) is 4.79 Å². The number of benzene rings is 1. The van der Waals surface area contributed by atoms with Crippen molar-refractivity contribution in [3.8, 4) is 5.75 Å². The van der Waals surface area contributed by atoms with Gasteiger partial charge < -0.3 is 20.1 Å². The zero-order chi connectivity index (χ0) is 13.0. The molecule has 0 unspecified atom stereocenters. The van der Waals surface area contributed by atoms with Crippen molar-refractivity contribution in [1.29, 1.82) is 0 Å². The molecule has 1 fully saturated rings. The first-order valence-electron chi connectivity index (χ1n) is 5.96. The molecule has 0 aliphatic carbocycles. The SMILES string of the molecule is COc1cc(CN2CCOCC2=O)ccc1CN. The van der Waals surface area contributed by atoms with E-state index in [4.69, 9.17) is 15.2 Å². The van der Waals surface area contributed by atoms with E-state index in [1.165, 1.54) is 0 Å². The van der Waals surface area contributed by atoms with Gasteiger partial charge in [-0.05, 0) is 11.6 Å². The van der Waals surface area contributed by atoms with Gasteiger partial charge in [-0.1, -0.05) is 12.1 Å². The van der Waals surface area contributed by atoms with E-state index in [-0.39, 0.29) is 12.5 Å². The van der Waals surface area contributed by atoms with Crippen LogP contribution in [0, 0.1) is 0 Å². The zero-order valence-electron chi connectivity index (χ0n) is 10.5. The molecule has 18 heavy (non-hydrogen) atoms. The minimum Gasteiger partial charge on any atom is -0.496 e. The highest BCUT2D eigenvalue weighted by molar-refractivity contribution is 5.78. The predicted molar refractivity (Wildman–Crippen MR) is 67.1 cm³/mol. The molecule has 0 spiro atoms. The van der Waals surface area contributed by atoms with E-state index in [2.05, 4.69) is 0 Å². The Kier molecular flexibility index (Phi) is 4.17. The third kappa shape index (κ3) is 2.80. The number of amides is 1. The summed E-state index contributed by atoms with van der Waals surface area (Å²) in [7, 11) is 1.62. The van der Waals surface area contributed by atoms with Gasteiger partial charge in [-0.2, -0.15) is 0 Å². The molecule has 2 rings (SSSR count). The Morgan fingerprint density at radius 1 is 1.50 bits per heavy atom. The lowest BCUT2D eigenvalue weighted by atomic mass is 10.1. The molecular weight excluding hydrogens is 232 g/mol. The van der Waals surface area contributed by atoms with Crippen LogP contribution in [0.25, 0.3) is 0 Å². The second-order valence-corrected chi connectivity index (χ2v) is 4.22. The van der Waals surface area contributed by atoms with Gasteiger partial charge >= 0.3 is 0 Å². The van der Waals surface area contributed by atoms with Crippen LogP contribution in [-0.2, 0) is 22.6 Å². The molecule has 1 aromatic rings. The van der Waals surface area contributed by atoms with Crippen molar-refractivity contribution in [1.82, 2.24) is 4.90 Å². The normalized spacial score (nSPS) is 15.9. The summed E-state index contributed by atoms with van der Waals surface area (Å²) in [6.45, 7) is 2.45. The Labute approximate surface area is 106 Å². The fraction of sp³-hybridized carbons (Fsp3) is 0.462. The highest BCUT2D eigenvalue weighted by atomic mass is 16.5. The topological polar surface area (TPSA) is 64.8 Å². The average Bonchev–Trinajstić information content (AvgIpc) is 2.41. The standard InChI is InChI=1S/C13H18N2O3/c1-17-12-6-10(2-3-11(12)7-14)8-15-4-5-18-9-13(15)16/h2-3,6H,4-5,7-9,14H2,1H3. The number of hydrogen-bond donors (Lipinski definition) is 1. The molecule has 1 amide bonds. The monoisotopic (exact) mass is 250 g/mol. The van der Waals surface area contributed by atoms with Crippen LogP contribution < -0.4 is 10.5 Å². The van der Waals surface area contributed by atoms with E-state index < -0.39 is 0 Å². The number of carbonyl (C=O) groups excluding carboxylic acids is 1. The molecule has 0 atom stereocenters. The van der Waals surface area contributed by atoms with Crippen LogP contribution >= 0.6 is 0 Å². The maximum Gasteiger partial charge on any atom is 0.248 e. The van der Waals surface area contributed by atoms with Crippen LogP contribution in [0.2, 0.25) is 0 Å². The number of nitrogens with two attached hydrogens (primary N) is 1. The molecule has 98 valence electrons. The maximum absolute atomic E-state index is 11.6. The zero-order valence-corrected chi connectivity index (χ0v) is 10.5. The fourth-order valence-corrected chi connectivity index (χ4v) is 1.99. The van der Waals surface area contributed by atoms with E-state index in [9.17, 15) is 4.79 Å². The molecule has 2 N–H and O–H groups in total. The Balaban J connectivity index is 2.11. The molecule has 0 aromatic heterocycles. The van der Waals surface area contributed by atoms with Crippen LogP contribution in [0.3, 0.4) is 0 Å². The minimum atomic E-state index is 0.0307. The summed E-state index contributed by atoms with van der Waals surface area (Å²) in [5.74, 6) is 0.804. The lowest BCUT2D eigenvalue weighted by Gasteiger charge is -2.27. The summed E-state index contributed by atoms with van der Waals surface area (Å²) in [4.78, 5) is 13.4. The Morgan fingerprint density at radius 2 is 2.33 bits per heavy atom. The quantitative estimate of drug-likeness (QED) is 0.845. The lowest BCUT2D eigenvalue weighted by molar-refractivity contribution is -0.143. The summed E-state index contributed by atoms with van der Waals surface area (Å²) in [6.07, 6.45) is 0. The summed E-state index contributed by atoms with van der Waals surface area (Å²) >= 11 is 0. The first-order chi connectivity index (χ1) is 8.74. The third-order valence-corrected chi connectivity index (χ3v) is 3.03. The van der Waals surface area contributed by atoms with Gasteiger partial charge in [-0.25, -0.2) is 0 Å². The number of methoxy groups -OCH3 is 1. The van der Waals surface area contributed by atoms with Crippen LogP contribution in [-0.4, -0.2) is 37.7 Å². The van der Waals surface area contributed by atoms with Gasteiger partial charge in [0.1, 0.15) is 12.4 Å². The second kappa shape index (κ2) is 5.84. The maximum atomic E-state index is 11.6. The van der Waals surface area contributed by atoms with Crippen molar-refractivity contribution in [2.75, 3.05) is 26.9 Å². The molecule has 0 bridgehead atoms. The molecule has 1 aliphatic heterocycles. The third-order valence-electron chi connectivity index (χ3n) is 3.03. The molecule has 0 radical (unpaired) electrons. The number of morpholine rings is 1. The van der Waals surface area contributed by atoms with Crippen LogP contribution in [0.15, 0.2) is 18.2 Å². The number of nitrogens with zero attached hydrogens (tertiary/aromatic N) is 1. The molecule has 5 heteroatoms. The lowest BCUT2D eigenvalue weighted by Crippen LogP contribution is -2.40. The van der Waals surface area contributed by atoms with Crippen LogP contribution in [0.5, 0.6) is 5.75 Å². The highest BCUT2D eigenvalue weighted by Gasteiger charge is 2.18. The Hall–Kier alpha value is -1.59. The molecule has 1 saturated heterocycles. The number of carbonyl (C=O) groups is 1. The van der Waals surface area contributed by atoms with E-state index in [0.29, 0.717) is 26.2 Å². The molecule has 5 nitrogen and oxygen atoms in total. The van der Waals surface area contributed by atoms with E-state index >= 15 is 0 Å². The number of rotatable bonds is 4. The predicted octanol–water partition coefficient (Wildman–Crippen LogP) is 0.513. The molecule has 0 saturated carbocycles. The summed E-state index contributed by atoms with van der Waals surface area (Å²) in [5, 5.41) is 0. The first-order valence-corrected chi connectivity index (χ1v) is 5.96. The molecule has 1 heterocycles. The van der Waals surface area contributed by atoms with Crippen molar-refractivity contribution in [2.45, 2.75) is 13.1 Å². The van der Waals surface area contributed by atoms with Gasteiger partial charge in [0, 0.05) is 25.2 Å². The van der Waals surface area contributed by atoms with Crippen molar-refractivity contribution >= 4 is 5.91 Å². The minimum absolute atomic E-state index is 0.0307. The van der Waals surface area contributed by atoms with Gasteiger partial charge in [-0.15, -0.1) is 0 Å². The molecule has 1 aliphatic rings. The van der Waals surface area contributed by atoms with Crippen LogP contribution in [0.4, 0.5) is 0 Å². The fourth-order valence-electron chi connectivity index (χ4n) is 1.99. The summed E-state index contributed by atoms with van der Waals surface area (Å²) < 4.78 is 10.4. The van der Waals surface area contributed by atoms with Crippen molar-refractivity contribution in [3.05, 3.63) is 29.3 Å². The smallest absolute Gasteiger partial charge is 0.248 e. The Morgan fingerprint density at radius 3 is 3.00 bits per heavy atom. The second-order valence-electron chi connectivity index (χ2n) is 4.22. The van der Waals surface area contributed by atoms with E-state index in [1.807, 2.05) is 18.2 Å². The van der Waals surface area contributed by atoms with Crippen molar-refractivity contribution < 1.29 is 14.3 Å². The average molecular weight is 250 g/mol. The van der Waals surface area contributed by atoms with Crippen LogP contribution in [0.1, 0.15) is 11.1 Å². The highest BCUT2D eigenvalue weighted by Crippen LogP contribution is 2.21. The van der Waals surface area contributed by atoms with E-state index in [0.717, 1.165) is 16.9 Å². The molecular formula is C13H18N2O3. The van der Waals surface area contributed by atoms with Gasteiger partial charge in [0.25, 0.3) is 0 Å². The van der Waals surface area contributed by atoms with Crippen molar-refractivity contribution in [2.24, 2.45) is 5.73 Å². The number of ether oxygens (including phenoxy) is 2. The largest absolute Gasteiger partial charge is 0.496 e. The first kappa shape index (κ1) is 12.9. The van der Waals surface area contributed by atoms with E-state index in [1.54, 1.807) is 12.0 Å². The Bertz CT molecular complexity index is 434. The summed E-state index contributed by atoms with van der Waals surface area (Å²) in [5.41, 5.74) is 7.63. The van der Waals surface area contributed by atoms with Crippen molar-refractivity contribution in [3.63, 3.8) is 0 Å². The number of hydrogen-bond acceptors (Lipinski definition) is 4. The summed E-state index contributed by atoms with van der Waals surface area (Å²) in [6, 6.07) is 5.86.